The predicted molar refractivity (Wildman–Crippen MR) is 42.0 cm³/mol. The van der Waals surface area contributed by atoms with E-state index in [-0.39, 0.29) is 12.3 Å². The van der Waals surface area contributed by atoms with Crippen molar-refractivity contribution in [3.8, 4) is 0 Å². The first-order valence-electron chi connectivity index (χ1n) is 2.65. The van der Waals surface area contributed by atoms with Crippen LogP contribution in [0.2, 0.25) is 0 Å². The maximum Gasteiger partial charge on any atom is 0.314 e. The Morgan fingerprint density at radius 3 is 1.00 bits per heavy atom. The molecule has 0 aromatic rings. The summed E-state index contributed by atoms with van der Waals surface area (Å²) < 4.78 is 8.74. The summed E-state index contributed by atoms with van der Waals surface area (Å²) in [6, 6.07) is 0. The van der Waals surface area contributed by atoms with Crippen LogP contribution in [0.3, 0.4) is 0 Å². The number of hydrogen-bond donors (Lipinski definition) is 4. The van der Waals surface area contributed by atoms with E-state index < -0.39 is 8.25 Å². The third-order valence-corrected chi connectivity index (χ3v) is 1.000. The minimum Gasteiger partial charge on any atom is -0.344 e. The molecule has 0 bridgehead atoms. The van der Waals surface area contributed by atoms with Crippen LogP contribution in [-0.4, -0.2) is 9.79 Å². The summed E-state index contributed by atoms with van der Waals surface area (Å²) in [7, 11) is -3.13. The van der Waals surface area contributed by atoms with Crippen molar-refractivity contribution in [1.29, 1.82) is 0 Å². The van der Waals surface area contributed by atoms with Crippen molar-refractivity contribution in [2.75, 3.05) is 0 Å². The van der Waals surface area contributed by atoms with Crippen molar-refractivity contribution in [2.45, 2.75) is 25.7 Å². The molecule has 6 heteroatoms. The molecule has 0 heterocycles. The summed E-state index contributed by atoms with van der Waals surface area (Å²) in [5.41, 5.74) is 0. The van der Waals surface area contributed by atoms with Crippen molar-refractivity contribution in [1.82, 2.24) is 12.3 Å². The van der Waals surface area contributed by atoms with Gasteiger partial charge >= 0.3 is 8.25 Å². The van der Waals surface area contributed by atoms with Crippen LogP contribution in [0.15, 0.2) is 0 Å². The fraction of sp³-hybridized carbons (Fsp3) is 1.00. The molecule has 1 rings (SSSR count). The molecule has 8 N–H and O–H groups in total. The van der Waals surface area contributed by atoms with Gasteiger partial charge in [0.2, 0.25) is 0 Å². The van der Waals surface area contributed by atoms with Gasteiger partial charge in [-0.05, 0) is 0 Å². The molecule has 0 spiro atoms. The molecule has 0 saturated heterocycles. The van der Waals surface area contributed by atoms with E-state index in [1.54, 1.807) is 0 Å². The highest BCUT2D eigenvalue weighted by Crippen LogP contribution is 2.15. The van der Waals surface area contributed by atoms with Gasteiger partial charge in [0, 0.05) is 0 Å². The minimum absolute atomic E-state index is 0. The van der Waals surface area contributed by atoms with E-state index in [9.17, 15) is 0 Å². The molecular weight excluding hydrogens is 155 g/mol. The molecule has 0 atom stereocenters. The van der Waals surface area contributed by atoms with Gasteiger partial charge in [0.15, 0.2) is 0 Å². The SMILES string of the molecule is C1CCC1.N.N.O=[PH](O)O. The first-order valence-corrected chi connectivity index (χ1v) is 3.95. The Hall–Kier alpha value is 0.0700. The van der Waals surface area contributed by atoms with E-state index in [0.717, 1.165) is 0 Å². The van der Waals surface area contributed by atoms with Crippen LogP contribution in [-0.2, 0) is 4.57 Å². The molecule has 1 saturated carbocycles. The molecule has 0 aliphatic heterocycles. The Kier molecular flexibility index (Phi) is 19.6. The smallest absolute Gasteiger partial charge is 0.314 e. The highest BCUT2D eigenvalue weighted by Gasteiger charge is 1.95. The van der Waals surface area contributed by atoms with Crippen molar-refractivity contribution in [3.63, 3.8) is 0 Å². The third-order valence-electron chi connectivity index (χ3n) is 1.000. The molecule has 5 nitrogen and oxygen atoms in total. The third kappa shape index (κ3) is 24.4. The molecule has 0 aromatic heterocycles. The summed E-state index contributed by atoms with van der Waals surface area (Å²) in [6.07, 6.45) is 6.00. The fourth-order valence-corrected chi connectivity index (χ4v) is 0.250. The van der Waals surface area contributed by atoms with Crippen molar-refractivity contribution in [3.05, 3.63) is 0 Å². The summed E-state index contributed by atoms with van der Waals surface area (Å²) in [4.78, 5) is 14.3. The van der Waals surface area contributed by atoms with E-state index >= 15 is 0 Å². The highest BCUT2D eigenvalue weighted by atomic mass is 31.1. The Balaban J connectivity index is -0.0000000817. The Morgan fingerprint density at radius 2 is 1.00 bits per heavy atom. The molecule has 0 unspecified atom stereocenters. The Morgan fingerprint density at radius 1 is 0.900 bits per heavy atom. The Labute approximate surface area is 61.6 Å². The molecule has 0 radical (unpaired) electrons. The second kappa shape index (κ2) is 11.8. The normalized spacial score (nSPS) is 13.1. The lowest BCUT2D eigenvalue weighted by molar-refractivity contribution is 0.405. The molecule has 1 aliphatic rings. The molecule has 66 valence electrons. The van der Waals surface area contributed by atoms with Gasteiger partial charge in [0.1, 0.15) is 0 Å². The van der Waals surface area contributed by atoms with Crippen LogP contribution in [0.5, 0.6) is 0 Å². The number of hydrogen-bond acceptors (Lipinski definition) is 3. The molecule has 1 aliphatic carbocycles. The van der Waals surface area contributed by atoms with E-state index in [1.165, 1.54) is 25.7 Å². The fourth-order valence-electron chi connectivity index (χ4n) is 0.250. The van der Waals surface area contributed by atoms with E-state index in [0.29, 0.717) is 0 Å². The summed E-state index contributed by atoms with van der Waals surface area (Å²) >= 11 is 0. The highest BCUT2D eigenvalue weighted by molar-refractivity contribution is 7.30. The van der Waals surface area contributed by atoms with Crippen molar-refractivity contribution in [2.24, 2.45) is 0 Å². The zero-order valence-electron chi connectivity index (χ0n) is 6.05. The Bertz CT molecular complexity index is 68.9. The topological polar surface area (TPSA) is 128 Å². The lowest BCUT2D eigenvalue weighted by atomic mass is 10.0. The lowest BCUT2D eigenvalue weighted by Crippen LogP contribution is -1.85. The maximum atomic E-state index is 8.74. The van der Waals surface area contributed by atoms with Gasteiger partial charge in [-0.2, -0.15) is 0 Å². The van der Waals surface area contributed by atoms with E-state index in [1.807, 2.05) is 0 Å². The first kappa shape index (κ1) is 16.6. The van der Waals surface area contributed by atoms with Crippen molar-refractivity contribution >= 4 is 8.25 Å². The summed E-state index contributed by atoms with van der Waals surface area (Å²) in [5, 5.41) is 0. The quantitative estimate of drug-likeness (QED) is 0.409. The van der Waals surface area contributed by atoms with Crippen LogP contribution in [0.4, 0.5) is 0 Å². The average Bonchev–Trinajstić information content (AvgIpc) is 1.19. The van der Waals surface area contributed by atoms with Crippen LogP contribution in [0, 0.1) is 0 Å². The van der Waals surface area contributed by atoms with Crippen LogP contribution >= 0.6 is 8.25 Å². The standard InChI is InChI=1S/C4H8.2H3N.H3O3P/c1-2-4-3-1;;;1-4(2)3/h1-4H2;2*1H3;4H,(H2,1,2,3). The van der Waals surface area contributed by atoms with Gasteiger partial charge in [-0.15, -0.1) is 0 Å². The molecule has 0 amide bonds. The van der Waals surface area contributed by atoms with Gasteiger partial charge in [-0.25, -0.2) is 0 Å². The second-order valence-electron chi connectivity index (χ2n) is 1.70. The van der Waals surface area contributed by atoms with Gasteiger partial charge in [0.25, 0.3) is 0 Å². The van der Waals surface area contributed by atoms with Gasteiger partial charge in [-0.1, -0.05) is 25.7 Å². The van der Waals surface area contributed by atoms with Crippen LogP contribution in [0.1, 0.15) is 25.7 Å². The van der Waals surface area contributed by atoms with E-state index in [2.05, 4.69) is 0 Å². The molecule has 10 heavy (non-hydrogen) atoms. The second-order valence-corrected chi connectivity index (χ2v) is 2.26. The number of rotatable bonds is 0. The largest absolute Gasteiger partial charge is 0.344 e. The first-order chi connectivity index (χ1) is 3.73. The van der Waals surface area contributed by atoms with Crippen LogP contribution < -0.4 is 12.3 Å². The molecule has 1 fully saturated rings. The predicted octanol–water partition coefficient (Wildman–Crippen LogP) is 1.25. The van der Waals surface area contributed by atoms with Gasteiger partial charge in [0.05, 0.1) is 0 Å². The molecule has 0 aromatic carbocycles. The lowest BCUT2D eigenvalue weighted by Gasteiger charge is -2.05. The van der Waals surface area contributed by atoms with Crippen molar-refractivity contribution < 1.29 is 14.4 Å². The van der Waals surface area contributed by atoms with E-state index in [4.69, 9.17) is 14.4 Å². The summed E-state index contributed by atoms with van der Waals surface area (Å²) in [5.74, 6) is 0. The zero-order valence-corrected chi connectivity index (χ0v) is 7.05. The maximum absolute atomic E-state index is 8.74. The van der Waals surface area contributed by atoms with Gasteiger partial charge in [-0.3, -0.25) is 4.57 Å². The summed E-state index contributed by atoms with van der Waals surface area (Å²) in [6.45, 7) is 0. The molecular formula is C4H17N2O3P. The average molecular weight is 172 g/mol. The zero-order chi connectivity index (χ0) is 6.41. The van der Waals surface area contributed by atoms with Gasteiger partial charge < -0.3 is 22.1 Å². The monoisotopic (exact) mass is 172 g/mol. The van der Waals surface area contributed by atoms with Crippen LogP contribution in [0.25, 0.3) is 0 Å². The minimum atomic E-state index is -3.13.